The molecule has 0 fully saturated rings. The molecule has 0 saturated heterocycles. The van der Waals surface area contributed by atoms with Gasteiger partial charge in [-0.25, -0.2) is 0 Å². The summed E-state index contributed by atoms with van der Waals surface area (Å²) in [5, 5.41) is 0.585. The number of hydrogen-bond acceptors (Lipinski definition) is 3. The second kappa shape index (κ2) is 7.61. The molecule has 0 saturated carbocycles. The van der Waals surface area contributed by atoms with Gasteiger partial charge in [0.15, 0.2) is 11.5 Å². The van der Waals surface area contributed by atoms with E-state index in [0.717, 1.165) is 24.8 Å². The topological polar surface area (TPSA) is 44.5 Å². The molecule has 0 heterocycles. The van der Waals surface area contributed by atoms with Gasteiger partial charge in [-0.2, -0.15) is 0 Å². The third kappa shape index (κ3) is 4.59. The minimum atomic E-state index is 0.0894. The summed E-state index contributed by atoms with van der Waals surface area (Å²) in [4.78, 5) is 0. The van der Waals surface area contributed by atoms with E-state index in [1.165, 1.54) is 0 Å². The minimum Gasteiger partial charge on any atom is -0.493 e. The highest BCUT2D eigenvalue weighted by molar-refractivity contribution is 6.32. The first-order valence-electron chi connectivity index (χ1n) is 6.80. The fraction of sp³-hybridized carbons (Fsp3) is 0.600. The van der Waals surface area contributed by atoms with Crippen molar-refractivity contribution < 1.29 is 9.47 Å². The van der Waals surface area contributed by atoms with Crippen LogP contribution in [0.5, 0.6) is 11.5 Å². The lowest BCUT2D eigenvalue weighted by molar-refractivity contribution is 0.185. The molecule has 108 valence electrons. The van der Waals surface area contributed by atoms with E-state index in [4.69, 9.17) is 26.8 Å². The summed E-state index contributed by atoms with van der Waals surface area (Å²) in [5.41, 5.74) is 6.88. The lowest BCUT2D eigenvalue weighted by Crippen LogP contribution is -2.18. The van der Waals surface area contributed by atoms with Crippen LogP contribution in [0.2, 0.25) is 5.02 Å². The van der Waals surface area contributed by atoms with Gasteiger partial charge in [-0.15, -0.1) is 0 Å². The lowest BCUT2D eigenvalue weighted by atomic mass is 10.1. The van der Waals surface area contributed by atoms with E-state index in [9.17, 15) is 0 Å². The zero-order chi connectivity index (χ0) is 14.4. The standard InChI is InChI=1S/C15H24ClNO2/c1-5-12(6-2)19-15-13(16)8-11(7-10(3)17)9-14(15)18-4/h8-10,12H,5-7,17H2,1-4H3. The van der Waals surface area contributed by atoms with Gasteiger partial charge in [-0.1, -0.05) is 25.4 Å². The van der Waals surface area contributed by atoms with E-state index in [1.807, 2.05) is 19.1 Å². The summed E-state index contributed by atoms with van der Waals surface area (Å²) in [7, 11) is 1.63. The Hall–Kier alpha value is -0.930. The summed E-state index contributed by atoms with van der Waals surface area (Å²) in [6, 6.07) is 3.95. The fourth-order valence-electron chi connectivity index (χ4n) is 2.00. The normalized spacial score (nSPS) is 12.6. The number of halogens is 1. The zero-order valence-electron chi connectivity index (χ0n) is 12.2. The first-order valence-corrected chi connectivity index (χ1v) is 7.18. The van der Waals surface area contributed by atoms with Gasteiger partial charge in [0, 0.05) is 6.04 Å². The van der Waals surface area contributed by atoms with Crippen molar-refractivity contribution in [2.75, 3.05) is 7.11 Å². The molecule has 0 aliphatic rings. The van der Waals surface area contributed by atoms with Crippen molar-refractivity contribution in [3.05, 3.63) is 22.7 Å². The number of hydrogen-bond donors (Lipinski definition) is 1. The van der Waals surface area contributed by atoms with Crippen LogP contribution in [0.15, 0.2) is 12.1 Å². The predicted molar refractivity (Wildman–Crippen MR) is 80.4 cm³/mol. The number of ether oxygens (including phenoxy) is 2. The van der Waals surface area contributed by atoms with Crippen LogP contribution >= 0.6 is 11.6 Å². The molecule has 0 aromatic heterocycles. The van der Waals surface area contributed by atoms with Crippen molar-refractivity contribution in [3.8, 4) is 11.5 Å². The second-order valence-corrected chi connectivity index (χ2v) is 5.25. The van der Waals surface area contributed by atoms with Crippen LogP contribution in [-0.2, 0) is 6.42 Å². The zero-order valence-corrected chi connectivity index (χ0v) is 13.0. The summed E-state index contributed by atoms with van der Waals surface area (Å²) < 4.78 is 11.3. The molecule has 1 unspecified atom stereocenters. The Morgan fingerprint density at radius 1 is 1.26 bits per heavy atom. The summed E-state index contributed by atoms with van der Waals surface area (Å²) in [6.07, 6.45) is 2.81. The molecule has 19 heavy (non-hydrogen) atoms. The molecular formula is C15H24ClNO2. The predicted octanol–water partition coefficient (Wildman–Crippen LogP) is 3.81. The Morgan fingerprint density at radius 2 is 1.89 bits per heavy atom. The SMILES string of the molecule is CCC(CC)Oc1c(Cl)cc(CC(C)N)cc1OC. The first-order chi connectivity index (χ1) is 9.01. The molecule has 0 amide bonds. The van der Waals surface area contributed by atoms with Gasteiger partial charge in [-0.3, -0.25) is 0 Å². The highest BCUT2D eigenvalue weighted by atomic mass is 35.5. The molecule has 3 nitrogen and oxygen atoms in total. The van der Waals surface area contributed by atoms with Gasteiger partial charge in [0.1, 0.15) is 0 Å². The number of methoxy groups -OCH3 is 1. The molecule has 0 bridgehead atoms. The first kappa shape index (κ1) is 16.1. The highest BCUT2D eigenvalue weighted by Crippen LogP contribution is 2.37. The Labute approximate surface area is 121 Å². The second-order valence-electron chi connectivity index (χ2n) is 4.85. The Kier molecular flexibility index (Phi) is 6.46. The average Bonchev–Trinajstić information content (AvgIpc) is 2.36. The van der Waals surface area contributed by atoms with E-state index in [2.05, 4.69) is 13.8 Å². The van der Waals surface area contributed by atoms with Crippen LogP contribution in [0.1, 0.15) is 39.2 Å². The molecular weight excluding hydrogens is 262 g/mol. The van der Waals surface area contributed by atoms with Crippen molar-refractivity contribution in [1.29, 1.82) is 0 Å². The summed E-state index contributed by atoms with van der Waals surface area (Å²) >= 11 is 6.31. The maximum atomic E-state index is 6.31. The van der Waals surface area contributed by atoms with Gasteiger partial charge in [-0.05, 0) is 43.9 Å². The molecule has 0 aliphatic carbocycles. The van der Waals surface area contributed by atoms with E-state index in [1.54, 1.807) is 7.11 Å². The van der Waals surface area contributed by atoms with E-state index in [-0.39, 0.29) is 12.1 Å². The summed E-state index contributed by atoms with van der Waals surface area (Å²) in [5.74, 6) is 1.31. The maximum Gasteiger partial charge on any atom is 0.180 e. The molecule has 2 N–H and O–H groups in total. The molecule has 0 radical (unpaired) electrons. The molecule has 0 spiro atoms. The van der Waals surface area contributed by atoms with Crippen LogP contribution < -0.4 is 15.2 Å². The van der Waals surface area contributed by atoms with Gasteiger partial charge < -0.3 is 15.2 Å². The van der Waals surface area contributed by atoms with Crippen LogP contribution in [-0.4, -0.2) is 19.3 Å². The monoisotopic (exact) mass is 285 g/mol. The quantitative estimate of drug-likeness (QED) is 0.828. The van der Waals surface area contributed by atoms with Gasteiger partial charge >= 0.3 is 0 Å². The van der Waals surface area contributed by atoms with E-state index >= 15 is 0 Å². The Balaban J connectivity index is 3.03. The van der Waals surface area contributed by atoms with Crippen molar-refractivity contribution in [2.45, 2.75) is 52.2 Å². The van der Waals surface area contributed by atoms with E-state index < -0.39 is 0 Å². The number of benzene rings is 1. The van der Waals surface area contributed by atoms with Crippen LogP contribution in [0.3, 0.4) is 0 Å². The lowest BCUT2D eigenvalue weighted by Gasteiger charge is -2.20. The summed E-state index contributed by atoms with van der Waals surface area (Å²) in [6.45, 7) is 6.16. The fourth-order valence-corrected chi connectivity index (χ4v) is 2.28. The third-order valence-corrected chi connectivity index (χ3v) is 3.32. The molecule has 0 aliphatic heterocycles. The van der Waals surface area contributed by atoms with Crippen LogP contribution in [0, 0.1) is 0 Å². The van der Waals surface area contributed by atoms with Crippen molar-refractivity contribution in [2.24, 2.45) is 5.73 Å². The van der Waals surface area contributed by atoms with Crippen molar-refractivity contribution in [3.63, 3.8) is 0 Å². The maximum absolute atomic E-state index is 6.31. The van der Waals surface area contributed by atoms with Gasteiger partial charge in [0.25, 0.3) is 0 Å². The van der Waals surface area contributed by atoms with Crippen LogP contribution in [0.25, 0.3) is 0 Å². The molecule has 1 rings (SSSR count). The smallest absolute Gasteiger partial charge is 0.180 e. The molecule has 1 aromatic rings. The average molecular weight is 286 g/mol. The highest BCUT2D eigenvalue weighted by Gasteiger charge is 2.16. The van der Waals surface area contributed by atoms with Gasteiger partial charge in [0.2, 0.25) is 0 Å². The largest absolute Gasteiger partial charge is 0.493 e. The van der Waals surface area contributed by atoms with Gasteiger partial charge in [0.05, 0.1) is 18.2 Å². The molecule has 1 aromatic carbocycles. The van der Waals surface area contributed by atoms with Crippen molar-refractivity contribution in [1.82, 2.24) is 0 Å². The number of nitrogens with two attached hydrogens (primary N) is 1. The Bertz CT molecular complexity index is 403. The Morgan fingerprint density at radius 3 is 2.37 bits per heavy atom. The third-order valence-electron chi connectivity index (χ3n) is 3.04. The van der Waals surface area contributed by atoms with E-state index in [0.29, 0.717) is 16.5 Å². The molecule has 4 heteroatoms. The minimum absolute atomic E-state index is 0.0894. The molecule has 1 atom stereocenters. The van der Waals surface area contributed by atoms with Crippen molar-refractivity contribution >= 4 is 11.6 Å². The van der Waals surface area contributed by atoms with Crippen LogP contribution in [0.4, 0.5) is 0 Å². The number of rotatable bonds is 7.